The van der Waals surface area contributed by atoms with Crippen LogP contribution in [-0.4, -0.2) is 24.1 Å². The zero-order chi connectivity index (χ0) is 16.4. The van der Waals surface area contributed by atoms with Gasteiger partial charge in [0.25, 0.3) is 0 Å². The van der Waals surface area contributed by atoms with Crippen LogP contribution in [0, 0.1) is 0 Å². The third kappa shape index (κ3) is 2.85. The van der Waals surface area contributed by atoms with Crippen molar-refractivity contribution in [3.8, 4) is 0 Å². The fourth-order valence-corrected chi connectivity index (χ4v) is 3.46. The highest BCUT2D eigenvalue weighted by atomic mass is 32.2. The molecular formula is C17H13NO4S. The average Bonchev–Trinajstić information content (AvgIpc) is 2.90. The first-order chi connectivity index (χ1) is 11.1. The molecule has 2 aromatic rings. The Hall–Kier alpha value is -2.60. The smallest absolute Gasteiger partial charge is 0.339 e. The molecule has 1 atom stereocenters. The topological polar surface area (TPSA) is 72.5 Å². The Balaban J connectivity index is 1.89. The van der Waals surface area contributed by atoms with Crippen molar-refractivity contribution < 1.29 is 19.1 Å². The Morgan fingerprint density at radius 1 is 1.09 bits per heavy atom. The van der Waals surface area contributed by atoms with Gasteiger partial charge in [-0.3, -0.25) is 9.59 Å². The second-order valence-corrected chi connectivity index (χ2v) is 5.96. The maximum atomic E-state index is 12.6. The third-order valence-electron chi connectivity index (χ3n) is 3.53. The molecule has 23 heavy (non-hydrogen) atoms. The molecule has 1 aliphatic heterocycles. The minimum atomic E-state index is -0.873. The molecule has 116 valence electrons. The Morgan fingerprint density at radius 2 is 1.78 bits per heavy atom. The summed E-state index contributed by atoms with van der Waals surface area (Å²) in [5.74, 6) is -1.88. The Labute approximate surface area is 137 Å². The van der Waals surface area contributed by atoms with E-state index in [4.69, 9.17) is 4.74 Å². The molecule has 1 unspecified atom stereocenters. The fraction of sp³-hybridized carbons (Fsp3) is 0.118. The largest absolute Gasteiger partial charge is 0.465 e. The predicted molar refractivity (Wildman–Crippen MR) is 86.5 cm³/mol. The van der Waals surface area contributed by atoms with Crippen molar-refractivity contribution in [1.29, 1.82) is 0 Å². The molecule has 1 N–H and O–H groups in total. The lowest BCUT2D eigenvalue weighted by Gasteiger charge is -2.13. The van der Waals surface area contributed by atoms with Crippen LogP contribution in [0.5, 0.6) is 0 Å². The number of anilines is 1. The lowest BCUT2D eigenvalue weighted by Crippen LogP contribution is -2.24. The van der Waals surface area contributed by atoms with Crippen molar-refractivity contribution in [3.63, 3.8) is 0 Å². The van der Waals surface area contributed by atoms with Gasteiger partial charge >= 0.3 is 5.97 Å². The molecular weight excluding hydrogens is 314 g/mol. The molecule has 1 heterocycles. The van der Waals surface area contributed by atoms with Crippen molar-refractivity contribution in [2.24, 2.45) is 0 Å². The minimum Gasteiger partial charge on any atom is -0.465 e. The number of benzene rings is 2. The van der Waals surface area contributed by atoms with Gasteiger partial charge < -0.3 is 10.1 Å². The van der Waals surface area contributed by atoms with Crippen molar-refractivity contribution in [2.75, 3.05) is 12.4 Å². The molecule has 6 heteroatoms. The highest BCUT2D eigenvalue weighted by Crippen LogP contribution is 2.41. The molecule has 2 aromatic carbocycles. The first-order valence-corrected chi connectivity index (χ1v) is 7.72. The highest BCUT2D eigenvalue weighted by Gasteiger charge is 2.37. The fourth-order valence-electron chi connectivity index (χ4n) is 2.44. The van der Waals surface area contributed by atoms with Crippen LogP contribution < -0.4 is 5.32 Å². The van der Waals surface area contributed by atoms with Gasteiger partial charge in [-0.2, -0.15) is 0 Å². The number of esters is 1. The van der Waals surface area contributed by atoms with Gasteiger partial charge in [0.1, 0.15) is 5.92 Å². The second-order valence-electron chi connectivity index (χ2n) is 4.92. The van der Waals surface area contributed by atoms with E-state index in [9.17, 15) is 14.4 Å². The molecule has 0 bridgehead atoms. The lowest BCUT2D eigenvalue weighted by atomic mass is 9.99. The monoisotopic (exact) mass is 327 g/mol. The number of rotatable bonds is 3. The molecule has 0 aliphatic carbocycles. The minimum absolute atomic E-state index is 0.223. The normalized spacial score (nSPS) is 15.9. The van der Waals surface area contributed by atoms with E-state index in [-0.39, 0.29) is 10.7 Å². The van der Waals surface area contributed by atoms with E-state index in [0.717, 1.165) is 16.7 Å². The number of thioether (sulfide) groups is 1. The molecule has 0 saturated heterocycles. The van der Waals surface area contributed by atoms with Gasteiger partial charge in [-0.25, -0.2) is 4.79 Å². The Morgan fingerprint density at radius 3 is 2.57 bits per heavy atom. The summed E-state index contributed by atoms with van der Waals surface area (Å²) in [6.07, 6.45) is 0. The van der Waals surface area contributed by atoms with E-state index in [1.54, 1.807) is 36.4 Å². The maximum Gasteiger partial charge on any atom is 0.339 e. The van der Waals surface area contributed by atoms with Crippen LogP contribution in [-0.2, 0) is 14.3 Å². The number of hydrogen-bond acceptors (Lipinski definition) is 5. The number of fused-ring (bicyclic) bond motifs is 1. The van der Waals surface area contributed by atoms with Crippen molar-refractivity contribution in [2.45, 2.75) is 10.8 Å². The number of nitrogens with one attached hydrogen (secondary N) is 1. The predicted octanol–water partition coefficient (Wildman–Crippen LogP) is 2.83. The number of ether oxygens (including phenoxy) is 1. The molecule has 1 aliphatic rings. The number of para-hydroxylation sites is 1. The third-order valence-corrected chi connectivity index (χ3v) is 4.56. The quantitative estimate of drug-likeness (QED) is 0.693. The molecule has 0 spiro atoms. The van der Waals surface area contributed by atoms with Crippen LogP contribution in [0.1, 0.15) is 21.8 Å². The Bertz CT molecular complexity index is 803. The zero-order valence-electron chi connectivity index (χ0n) is 12.2. The van der Waals surface area contributed by atoms with E-state index in [2.05, 4.69) is 5.32 Å². The van der Waals surface area contributed by atoms with Gasteiger partial charge in [0.15, 0.2) is 0 Å². The van der Waals surface area contributed by atoms with Gasteiger partial charge in [-0.1, -0.05) is 42.1 Å². The van der Waals surface area contributed by atoms with Crippen LogP contribution in [0.15, 0.2) is 53.4 Å². The van der Waals surface area contributed by atoms with Crippen LogP contribution in [0.2, 0.25) is 0 Å². The zero-order valence-corrected chi connectivity index (χ0v) is 13.1. The van der Waals surface area contributed by atoms with E-state index in [1.807, 2.05) is 12.1 Å². The number of carbonyl (C=O) groups excluding carboxylic acids is 3. The number of carbonyl (C=O) groups is 3. The summed E-state index contributed by atoms with van der Waals surface area (Å²) in [5.41, 5.74) is 1.26. The summed E-state index contributed by atoms with van der Waals surface area (Å²) in [4.78, 5) is 37.2. The van der Waals surface area contributed by atoms with Crippen LogP contribution >= 0.6 is 11.8 Å². The SMILES string of the molecule is COC(=O)c1ccccc1NC(=O)C1C(=O)Sc2ccccc21. The van der Waals surface area contributed by atoms with Crippen molar-refractivity contribution >= 4 is 34.4 Å². The second kappa shape index (κ2) is 6.26. The molecule has 1 amide bonds. The van der Waals surface area contributed by atoms with Gasteiger partial charge in [0.2, 0.25) is 11.0 Å². The molecule has 5 nitrogen and oxygen atoms in total. The van der Waals surface area contributed by atoms with E-state index < -0.39 is 17.8 Å². The summed E-state index contributed by atoms with van der Waals surface area (Å²) in [7, 11) is 1.27. The summed E-state index contributed by atoms with van der Waals surface area (Å²) < 4.78 is 4.70. The highest BCUT2D eigenvalue weighted by molar-refractivity contribution is 8.14. The maximum absolute atomic E-state index is 12.6. The van der Waals surface area contributed by atoms with Crippen molar-refractivity contribution in [3.05, 3.63) is 59.7 Å². The molecule has 0 saturated carbocycles. The lowest BCUT2D eigenvalue weighted by molar-refractivity contribution is -0.123. The number of methoxy groups -OCH3 is 1. The summed E-state index contributed by atoms with van der Waals surface area (Å²) >= 11 is 1.06. The van der Waals surface area contributed by atoms with Crippen LogP contribution in [0.3, 0.4) is 0 Å². The van der Waals surface area contributed by atoms with Crippen LogP contribution in [0.25, 0.3) is 0 Å². The Kier molecular flexibility index (Phi) is 4.16. The summed E-state index contributed by atoms with van der Waals surface area (Å²) in [5, 5.41) is 2.44. The standard InChI is InChI=1S/C17H13NO4S/c1-22-16(20)10-6-2-4-8-12(10)18-15(19)14-11-7-3-5-9-13(11)23-17(14)21/h2-9,14H,1H3,(H,18,19). The molecule has 0 fully saturated rings. The average molecular weight is 327 g/mol. The van der Waals surface area contributed by atoms with Crippen molar-refractivity contribution in [1.82, 2.24) is 0 Å². The number of hydrogen-bond donors (Lipinski definition) is 1. The van der Waals surface area contributed by atoms with Crippen LogP contribution in [0.4, 0.5) is 5.69 Å². The van der Waals surface area contributed by atoms with Gasteiger partial charge in [0, 0.05) is 4.90 Å². The first-order valence-electron chi connectivity index (χ1n) is 6.90. The first kappa shape index (κ1) is 15.3. The molecule has 0 radical (unpaired) electrons. The number of amides is 1. The van der Waals surface area contributed by atoms with E-state index in [1.165, 1.54) is 7.11 Å². The molecule has 0 aromatic heterocycles. The van der Waals surface area contributed by atoms with E-state index >= 15 is 0 Å². The summed E-state index contributed by atoms with van der Waals surface area (Å²) in [6.45, 7) is 0. The summed E-state index contributed by atoms with van der Waals surface area (Å²) in [6, 6.07) is 13.7. The van der Waals surface area contributed by atoms with Gasteiger partial charge in [-0.15, -0.1) is 0 Å². The van der Waals surface area contributed by atoms with Gasteiger partial charge in [0.05, 0.1) is 18.4 Å². The van der Waals surface area contributed by atoms with Gasteiger partial charge in [-0.05, 0) is 23.8 Å². The molecule has 3 rings (SSSR count). The van der Waals surface area contributed by atoms with E-state index in [0.29, 0.717) is 11.3 Å².